The molecule has 0 aliphatic heterocycles. The maximum absolute atomic E-state index is 2.44. The van der Waals surface area contributed by atoms with Gasteiger partial charge in [-0.15, -0.1) is 11.3 Å². The summed E-state index contributed by atoms with van der Waals surface area (Å²) in [6, 6.07) is 46.0. The van der Waals surface area contributed by atoms with Crippen molar-refractivity contribution in [3.8, 4) is 0 Å². The summed E-state index contributed by atoms with van der Waals surface area (Å²) in [6.07, 6.45) is 0. The standard InChI is InChI=1S/C32H21NS/c1-2-12-23(13-3-1)33(29-19-10-18-28-27-17-8-9-20-31(27)34-32(28)29)30-21-22-11-4-5-14-24(22)25-15-6-7-16-26(25)30/h1-21H. The van der Waals surface area contributed by atoms with Gasteiger partial charge in [0.05, 0.1) is 16.1 Å². The molecule has 0 aliphatic carbocycles. The van der Waals surface area contributed by atoms with Crippen molar-refractivity contribution in [2.24, 2.45) is 0 Å². The van der Waals surface area contributed by atoms with Gasteiger partial charge in [0.1, 0.15) is 0 Å². The monoisotopic (exact) mass is 451 g/mol. The molecule has 34 heavy (non-hydrogen) atoms. The average molecular weight is 452 g/mol. The third-order valence-electron chi connectivity index (χ3n) is 6.63. The minimum absolute atomic E-state index is 1.16. The van der Waals surface area contributed by atoms with E-state index in [1.807, 2.05) is 11.3 Å². The largest absolute Gasteiger partial charge is 0.308 e. The van der Waals surface area contributed by atoms with Gasteiger partial charge in [-0.05, 0) is 46.5 Å². The second-order valence-electron chi connectivity index (χ2n) is 8.59. The van der Waals surface area contributed by atoms with Crippen molar-refractivity contribution in [1.29, 1.82) is 0 Å². The number of nitrogens with zero attached hydrogens (tertiary/aromatic N) is 1. The molecule has 0 saturated heterocycles. The molecule has 7 aromatic rings. The van der Waals surface area contributed by atoms with E-state index in [-0.39, 0.29) is 0 Å². The van der Waals surface area contributed by atoms with Gasteiger partial charge in [0, 0.05) is 26.5 Å². The van der Waals surface area contributed by atoms with Crippen molar-refractivity contribution in [3.05, 3.63) is 127 Å². The molecule has 0 fully saturated rings. The van der Waals surface area contributed by atoms with Crippen LogP contribution < -0.4 is 4.90 Å². The van der Waals surface area contributed by atoms with Gasteiger partial charge in [0.2, 0.25) is 0 Å². The SMILES string of the molecule is c1ccc(N(c2cc3ccccc3c3ccccc23)c2cccc3c2sc2ccccc23)cc1. The Morgan fingerprint density at radius 3 is 1.94 bits per heavy atom. The Morgan fingerprint density at radius 1 is 0.441 bits per heavy atom. The predicted octanol–water partition coefficient (Wildman–Crippen LogP) is 9.83. The minimum atomic E-state index is 1.16. The number of hydrogen-bond acceptors (Lipinski definition) is 2. The topological polar surface area (TPSA) is 3.24 Å². The highest BCUT2D eigenvalue weighted by atomic mass is 32.1. The minimum Gasteiger partial charge on any atom is -0.308 e. The summed E-state index contributed by atoms with van der Waals surface area (Å²) in [4.78, 5) is 2.44. The second kappa shape index (κ2) is 7.72. The van der Waals surface area contributed by atoms with E-state index in [4.69, 9.17) is 0 Å². The number of fused-ring (bicyclic) bond motifs is 6. The van der Waals surface area contributed by atoms with Gasteiger partial charge < -0.3 is 4.90 Å². The normalized spacial score (nSPS) is 11.5. The van der Waals surface area contributed by atoms with Gasteiger partial charge in [-0.3, -0.25) is 0 Å². The smallest absolute Gasteiger partial charge is 0.0640 e. The van der Waals surface area contributed by atoms with E-state index in [1.165, 1.54) is 53.1 Å². The van der Waals surface area contributed by atoms with Gasteiger partial charge in [-0.25, -0.2) is 0 Å². The molecule has 6 aromatic carbocycles. The number of rotatable bonds is 3. The first-order valence-corrected chi connectivity index (χ1v) is 12.4. The van der Waals surface area contributed by atoms with Crippen LogP contribution in [0.3, 0.4) is 0 Å². The van der Waals surface area contributed by atoms with Gasteiger partial charge >= 0.3 is 0 Å². The van der Waals surface area contributed by atoms with Crippen LogP contribution in [-0.2, 0) is 0 Å². The summed E-state index contributed by atoms with van der Waals surface area (Å²) in [6.45, 7) is 0. The fraction of sp³-hybridized carbons (Fsp3) is 0. The maximum atomic E-state index is 2.44. The molecular formula is C32H21NS. The fourth-order valence-electron chi connectivity index (χ4n) is 5.11. The lowest BCUT2D eigenvalue weighted by molar-refractivity contribution is 1.32. The molecule has 0 amide bonds. The first kappa shape index (κ1) is 19.3. The summed E-state index contributed by atoms with van der Waals surface area (Å²) < 4.78 is 2.63. The molecule has 1 heterocycles. The van der Waals surface area contributed by atoms with Crippen LogP contribution in [0.1, 0.15) is 0 Å². The number of hydrogen-bond donors (Lipinski definition) is 0. The molecule has 0 unspecified atom stereocenters. The lowest BCUT2D eigenvalue weighted by Gasteiger charge is -2.28. The third-order valence-corrected chi connectivity index (χ3v) is 7.83. The van der Waals surface area contributed by atoms with Gasteiger partial charge in [0.15, 0.2) is 0 Å². The maximum Gasteiger partial charge on any atom is 0.0640 e. The Bertz CT molecular complexity index is 1810. The Labute approximate surface area is 202 Å². The van der Waals surface area contributed by atoms with Crippen LogP contribution in [0.4, 0.5) is 17.1 Å². The molecule has 0 aliphatic rings. The number of thiophene rings is 1. The van der Waals surface area contributed by atoms with E-state index >= 15 is 0 Å². The molecule has 0 radical (unpaired) electrons. The van der Waals surface area contributed by atoms with Crippen LogP contribution in [0.2, 0.25) is 0 Å². The number of anilines is 3. The molecule has 0 N–H and O–H groups in total. The van der Waals surface area contributed by atoms with Crippen molar-refractivity contribution in [2.75, 3.05) is 4.90 Å². The van der Waals surface area contributed by atoms with Crippen LogP contribution >= 0.6 is 11.3 Å². The Kier molecular flexibility index (Phi) is 4.39. The molecule has 0 saturated carbocycles. The number of para-hydroxylation sites is 1. The van der Waals surface area contributed by atoms with Gasteiger partial charge in [0.25, 0.3) is 0 Å². The van der Waals surface area contributed by atoms with E-state index in [1.54, 1.807) is 0 Å². The zero-order chi connectivity index (χ0) is 22.5. The zero-order valence-electron chi connectivity index (χ0n) is 18.5. The Balaban J connectivity index is 1.61. The molecule has 1 aromatic heterocycles. The Hall–Kier alpha value is -4.14. The third kappa shape index (κ3) is 2.93. The lowest BCUT2D eigenvalue weighted by Crippen LogP contribution is -2.10. The first-order chi connectivity index (χ1) is 16.9. The predicted molar refractivity (Wildman–Crippen MR) is 149 cm³/mol. The summed E-state index contributed by atoms with van der Waals surface area (Å²) in [5, 5.41) is 7.70. The van der Waals surface area contributed by atoms with Crippen molar-refractivity contribution in [2.45, 2.75) is 0 Å². The highest BCUT2D eigenvalue weighted by Crippen LogP contribution is 2.47. The first-order valence-electron chi connectivity index (χ1n) is 11.5. The quantitative estimate of drug-likeness (QED) is 0.242. The molecule has 1 nitrogen and oxygen atoms in total. The number of benzene rings is 6. The highest BCUT2D eigenvalue weighted by molar-refractivity contribution is 7.26. The van der Waals surface area contributed by atoms with Crippen molar-refractivity contribution >= 4 is 70.1 Å². The molecule has 0 atom stereocenters. The zero-order valence-corrected chi connectivity index (χ0v) is 19.3. The van der Waals surface area contributed by atoms with Gasteiger partial charge in [-0.2, -0.15) is 0 Å². The van der Waals surface area contributed by atoms with Crippen LogP contribution in [0, 0.1) is 0 Å². The molecule has 2 heteroatoms. The summed E-state index contributed by atoms with van der Waals surface area (Å²) >= 11 is 1.87. The summed E-state index contributed by atoms with van der Waals surface area (Å²) in [5.41, 5.74) is 3.57. The van der Waals surface area contributed by atoms with Crippen molar-refractivity contribution < 1.29 is 0 Å². The Morgan fingerprint density at radius 2 is 1.09 bits per heavy atom. The van der Waals surface area contributed by atoms with E-state index in [0.29, 0.717) is 0 Å². The molecule has 7 rings (SSSR count). The molecule has 0 bridgehead atoms. The lowest BCUT2D eigenvalue weighted by atomic mass is 9.99. The van der Waals surface area contributed by atoms with Crippen LogP contribution in [0.25, 0.3) is 41.7 Å². The summed E-state index contributed by atoms with van der Waals surface area (Å²) in [5.74, 6) is 0. The second-order valence-corrected chi connectivity index (χ2v) is 9.64. The molecular weight excluding hydrogens is 430 g/mol. The van der Waals surface area contributed by atoms with E-state index in [0.717, 1.165) is 5.69 Å². The van der Waals surface area contributed by atoms with Crippen molar-refractivity contribution in [1.82, 2.24) is 0 Å². The summed E-state index contributed by atoms with van der Waals surface area (Å²) in [7, 11) is 0. The van der Waals surface area contributed by atoms with E-state index < -0.39 is 0 Å². The molecule has 0 spiro atoms. The fourth-order valence-corrected chi connectivity index (χ4v) is 6.32. The van der Waals surface area contributed by atoms with Crippen LogP contribution in [-0.4, -0.2) is 0 Å². The van der Waals surface area contributed by atoms with Crippen molar-refractivity contribution in [3.63, 3.8) is 0 Å². The average Bonchev–Trinajstić information content (AvgIpc) is 3.29. The van der Waals surface area contributed by atoms with Crippen LogP contribution in [0.15, 0.2) is 127 Å². The molecule has 160 valence electrons. The van der Waals surface area contributed by atoms with E-state index in [9.17, 15) is 0 Å². The van der Waals surface area contributed by atoms with Gasteiger partial charge in [-0.1, -0.05) is 97.1 Å². The van der Waals surface area contributed by atoms with Crippen LogP contribution in [0.5, 0.6) is 0 Å². The highest BCUT2D eigenvalue weighted by Gasteiger charge is 2.20. The van der Waals surface area contributed by atoms with E-state index in [2.05, 4.69) is 132 Å².